The summed E-state index contributed by atoms with van der Waals surface area (Å²) in [5, 5.41) is 6.93. The summed E-state index contributed by atoms with van der Waals surface area (Å²) in [6.07, 6.45) is 1.09. The first-order chi connectivity index (χ1) is 9.05. The SMILES string of the molecule is CCC(C)(CC(=O)OC)c1cccc(CN=NN)n1. The molecule has 2 N–H and O–H groups in total. The molecule has 0 aromatic carbocycles. The van der Waals surface area contributed by atoms with Crippen LogP contribution >= 0.6 is 0 Å². The summed E-state index contributed by atoms with van der Waals surface area (Å²) >= 11 is 0. The number of nitrogens with two attached hydrogens (primary N) is 1. The van der Waals surface area contributed by atoms with Crippen LogP contribution < -0.4 is 5.84 Å². The Morgan fingerprint density at radius 1 is 1.53 bits per heavy atom. The fourth-order valence-corrected chi connectivity index (χ4v) is 1.80. The Morgan fingerprint density at radius 2 is 2.26 bits per heavy atom. The zero-order valence-corrected chi connectivity index (χ0v) is 11.6. The monoisotopic (exact) mass is 264 g/mol. The number of carbonyl (C=O) groups is 1. The zero-order valence-electron chi connectivity index (χ0n) is 11.6. The molecule has 0 saturated carbocycles. The normalized spacial score (nSPS) is 14.3. The number of pyridine rings is 1. The average molecular weight is 264 g/mol. The Labute approximate surface area is 113 Å². The van der Waals surface area contributed by atoms with E-state index in [2.05, 4.69) is 15.3 Å². The van der Waals surface area contributed by atoms with Gasteiger partial charge >= 0.3 is 5.97 Å². The van der Waals surface area contributed by atoms with Crippen molar-refractivity contribution in [2.45, 2.75) is 38.6 Å². The number of rotatable bonds is 6. The first kappa shape index (κ1) is 15.1. The Bertz CT molecular complexity index is 462. The van der Waals surface area contributed by atoms with Crippen LogP contribution in [0.2, 0.25) is 0 Å². The number of aromatic nitrogens is 1. The highest BCUT2D eigenvalue weighted by molar-refractivity contribution is 5.71. The first-order valence-electron chi connectivity index (χ1n) is 6.15. The molecule has 1 aromatic heterocycles. The summed E-state index contributed by atoms with van der Waals surface area (Å²) in [5.41, 5.74) is 1.28. The van der Waals surface area contributed by atoms with Crippen LogP contribution in [-0.4, -0.2) is 18.1 Å². The van der Waals surface area contributed by atoms with Crippen molar-refractivity contribution in [3.63, 3.8) is 0 Å². The van der Waals surface area contributed by atoms with Gasteiger partial charge in [0, 0.05) is 11.1 Å². The molecular weight excluding hydrogens is 244 g/mol. The lowest BCUT2D eigenvalue weighted by molar-refractivity contribution is -0.142. The van der Waals surface area contributed by atoms with Crippen molar-refractivity contribution >= 4 is 5.97 Å². The number of hydrogen-bond donors (Lipinski definition) is 1. The Balaban J connectivity index is 3.00. The van der Waals surface area contributed by atoms with Crippen molar-refractivity contribution in [3.8, 4) is 0 Å². The molecule has 19 heavy (non-hydrogen) atoms. The lowest BCUT2D eigenvalue weighted by atomic mass is 9.80. The molecule has 1 atom stereocenters. The molecule has 0 aliphatic heterocycles. The van der Waals surface area contributed by atoms with Gasteiger partial charge in [0.05, 0.1) is 19.2 Å². The molecule has 1 rings (SSSR count). The fourth-order valence-electron chi connectivity index (χ4n) is 1.80. The van der Waals surface area contributed by atoms with Gasteiger partial charge in [-0.25, -0.2) is 0 Å². The highest BCUT2D eigenvalue weighted by Gasteiger charge is 2.29. The second-order valence-electron chi connectivity index (χ2n) is 4.60. The number of ether oxygens (including phenoxy) is 1. The zero-order chi connectivity index (χ0) is 14.3. The van der Waals surface area contributed by atoms with Crippen LogP contribution in [0.5, 0.6) is 0 Å². The van der Waals surface area contributed by atoms with E-state index < -0.39 is 0 Å². The largest absolute Gasteiger partial charge is 0.469 e. The summed E-state index contributed by atoms with van der Waals surface area (Å²) in [6.45, 7) is 4.36. The maximum Gasteiger partial charge on any atom is 0.306 e. The Kier molecular flexibility index (Phi) is 5.41. The topological polar surface area (TPSA) is 89.9 Å². The van der Waals surface area contributed by atoms with Crippen molar-refractivity contribution in [1.29, 1.82) is 0 Å². The van der Waals surface area contributed by atoms with Gasteiger partial charge in [0.15, 0.2) is 0 Å². The third kappa shape index (κ3) is 4.01. The second-order valence-corrected chi connectivity index (χ2v) is 4.60. The first-order valence-corrected chi connectivity index (χ1v) is 6.15. The lowest BCUT2D eigenvalue weighted by Crippen LogP contribution is -2.27. The van der Waals surface area contributed by atoms with Crippen LogP contribution in [0.4, 0.5) is 0 Å². The second kappa shape index (κ2) is 6.82. The third-order valence-corrected chi connectivity index (χ3v) is 3.28. The van der Waals surface area contributed by atoms with Crippen LogP contribution in [0.15, 0.2) is 28.5 Å². The lowest BCUT2D eigenvalue weighted by Gasteiger charge is -2.26. The molecule has 1 unspecified atom stereocenters. The molecule has 0 radical (unpaired) electrons. The average Bonchev–Trinajstić information content (AvgIpc) is 2.45. The fraction of sp³-hybridized carbons (Fsp3) is 0.538. The van der Waals surface area contributed by atoms with Crippen molar-refractivity contribution in [3.05, 3.63) is 29.6 Å². The number of carbonyl (C=O) groups excluding carboxylic acids is 1. The maximum atomic E-state index is 11.5. The standard InChI is InChI=1S/C13H20N4O2/c1-4-13(2,8-12(18)19-3)11-7-5-6-10(16-11)9-15-17-14/h5-7H,4,8-9H2,1-3H3,(H2,14,15). The molecule has 0 aliphatic rings. The molecule has 0 saturated heterocycles. The quantitative estimate of drug-likeness (QED) is 0.369. The number of nitrogens with zero attached hydrogens (tertiary/aromatic N) is 3. The maximum absolute atomic E-state index is 11.5. The number of methoxy groups -OCH3 is 1. The van der Waals surface area contributed by atoms with Crippen LogP contribution in [0.1, 0.15) is 38.1 Å². The van der Waals surface area contributed by atoms with Crippen LogP contribution in [0, 0.1) is 0 Å². The molecule has 6 heteroatoms. The molecule has 0 aliphatic carbocycles. The summed E-state index contributed by atoms with van der Waals surface area (Å²) < 4.78 is 4.75. The molecule has 0 fully saturated rings. The minimum absolute atomic E-state index is 0.238. The summed E-state index contributed by atoms with van der Waals surface area (Å²) in [6, 6.07) is 5.66. The van der Waals surface area contributed by atoms with E-state index in [1.54, 1.807) is 0 Å². The Hall–Kier alpha value is -1.98. The van der Waals surface area contributed by atoms with Crippen molar-refractivity contribution in [1.82, 2.24) is 4.98 Å². The highest BCUT2D eigenvalue weighted by Crippen LogP contribution is 2.30. The Morgan fingerprint density at radius 3 is 2.84 bits per heavy atom. The highest BCUT2D eigenvalue weighted by atomic mass is 16.5. The number of esters is 1. The van der Waals surface area contributed by atoms with Gasteiger partial charge in [-0.1, -0.05) is 25.1 Å². The van der Waals surface area contributed by atoms with Crippen molar-refractivity contribution in [2.75, 3.05) is 7.11 Å². The van der Waals surface area contributed by atoms with Gasteiger partial charge in [-0.15, -0.1) is 0 Å². The summed E-state index contributed by atoms with van der Waals surface area (Å²) in [4.78, 5) is 16.0. The van der Waals surface area contributed by atoms with Crippen molar-refractivity contribution in [2.24, 2.45) is 16.2 Å². The van der Waals surface area contributed by atoms with Gasteiger partial charge < -0.3 is 10.6 Å². The molecule has 1 heterocycles. The van der Waals surface area contributed by atoms with Gasteiger partial charge in [0.2, 0.25) is 0 Å². The van der Waals surface area contributed by atoms with E-state index in [0.29, 0.717) is 13.0 Å². The van der Waals surface area contributed by atoms with Gasteiger partial charge in [0.1, 0.15) is 6.54 Å². The van der Waals surface area contributed by atoms with Crippen LogP contribution in [-0.2, 0) is 21.5 Å². The minimum Gasteiger partial charge on any atom is -0.469 e. The van der Waals surface area contributed by atoms with E-state index in [1.165, 1.54) is 7.11 Å². The van der Waals surface area contributed by atoms with E-state index in [0.717, 1.165) is 17.8 Å². The van der Waals surface area contributed by atoms with Gasteiger partial charge in [0.25, 0.3) is 0 Å². The van der Waals surface area contributed by atoms with Crippen molar-refractivity contribution < 1.29 is 9.53 Å². The van der Waals surface area contributed by atoms with Gasteiger partial charge in [-0.2, -0.15) is 5.11 Å². The van der Waals surface area contributed by atoms with Crippen LogP contribution in [0.25, 0.3) is 0 Å². The summed E-state index contributed by atoms with van der Waals surface area (Å²) in [7, 11) is 1.39. The predicted molar refractivity (Wildman–Crippen MR) is 71.3 cm³/mol. The molecule has 0 spiro atoms. The number of hydrogen-bond acceptors (Lipinski definition) is 5. The third-order valence-electron chi connectivity index (χ3n) is 3.28. The van der Waals surface area contributed by atoms with Gasteiger partial charge in [-0.3, -0.25) is 9.78 Å². The molecule has 0 bridgehead atoms. The van der Waals surface area contributed by atoms with Crippen LogP contribution in [0.3, 0.4) is 0 Å². The van der Waals surface area contributed by atoms with Gasteiger partial charge in [-0.05, 0) is 18.6 Å². The molecule has 0 amide bonds. The van der Waals surface area contributed by atoms with E-state index in [9.17, 15) is 4.79 Å². The molecular formula is C13H20N4O2. The van der Waals surface area contributed by atoms with E-state index in [1.807, 2.05) is 32.0 Å². The molecule has 1 aromatic rings. The molecule has 104 valence electrons. The predicted octanol–water partition coefficient (Wildman–Crippen LogP) is 2.14. The smallest absolute Gasteiger partial charge is 0.306 e. The summed E-state index contributed by atoms with van der Waals surface area (Å²) in [5.74, 6) is 4.74. The van der Waals surface area contributed by atoms with E-state index in [4.69, 9.17) is 10.6 Å². The van der Waals surface area contributed by atoms with E-state index >= 15 is 0 Å². The molecule has 6 nitrogen and oxygen atoms in total. The van der Waals surface area contributed by atoms with E-state index in [-0.39, 0.29) is 11.4 Å². The minimum atomic E-state index is -0.344.